The maximum atomic E-state index is 10.7. The van der Waals surface area contributed by atoms with Gasteiger partial charge in [0.2, 0.25) is 0 Å². The molecule has 3 heteroatoms. The van der Waals surface area contributed by atoms with Crippen LogP contribution in [0.2, 0.25) is 0 Å². The number of rotatable bonds is 4. The smallest absolute Gasteiger partial charge is 0.0700 e. The fourth-order valence-electron chi connectivity index (χ4n) is 3.64. The second kappa shape index (κ2) is 5.48. The average molecular weight is 254 g/mol. The first kappa shape index (κ1) is 14.3. The Kier molecular flexibility index (Phi) is 4.35. The van der Waals surface area contributed by atoms with E-state index in [-0.39, 0.29) is 11.0 Å². The first-order chi connectivity index (χ1) is 8.51. The second-order valence-corrected chi connectivity index (χ2v) is 6.90. The van der Waals surface area contributed by atoms with Gasteiger partial charge in [0.15, 0.2) is 0 Å². The van der Waals surface area contributed by atoms with Crippen LogP contribution in [0.3, 0.4) is 0 Å². The van der Waals surface area contributed by atoms with E-state index in [4.69, 9.17) is 5.73 Å². The Labute approximate surface area is 112 Å². The third-order valence-corrected chi connectivity index (χ3v) is 5.46. The lowest BCUT2D eigenvalue weighted by molar-refractivity contribution is -0.0999. The molecule has 18 heavy (non-hydrogen) atoms. The Bertz CT molecular complexity index is 278. The molecule has 0 bridgehead atoms. The minimum absolute atomic E-state index is 0.240. The molecule has 3 unspecified atom stereocenters. The van der Waals surface area contributed by atoms with Gasteiger partial charge in [-0.1, -0.05) is 26.7 Å². The third kappa shape index (κ3) is 2.89. The van der Waals surface area contributed by atoms with Gasteiger partial charge in [-0.15, -0.1) is 0 Å². The van der Waals surface area contributed by atoms with E-state index >= 15 is 0 Å². The Hall–Kier alpha value is -0.120. The average Bonchev–Trinajstić information content (AvgIpc) is 2.39. The van der Waals surface area contributed by atoms with Crippen LogP contribution in [-0.2, 0) is 0 Å². The monoisotopic (exact) mass is 254 g/mol. The zero-order chi connectivity index (χ0) is 13.2. The molecule has 1 saturated heterocycles. The van der Waals surface area contributed by atoms with Crippen LogP contribution in [0.15, 0.2) is 0 Å². The lowest BCUT2D eigenvalue weighted by atomic mass is 9.71. The zero-order valence-corrected chi connectivity index (χ0v) is 12.1. The van der Waals surface area contributed by atoms with Gasteiger partial charge in [-0.05, 0) is 37.6 Å². The van der Waals surface area contributed by atoms with Crippen molar-refractivity contribution in [1.82, 2.24) is 4.90 Å². The molecular formula is C15H30N2O. The molecule has 2 fully saturated rings. The molecule has 0 spiro atoms. The number of nitrogens with two attached hydrogens (primary N) is 1. The second-order valence-electron chi connectivity index (χ2n) is 6.90. The van der Waals surface area contributed by atoms with E-state index in [9.17, 15) is 5.11 Å². The molecule has 2 aliphatic rings. The van der Waals surface area contributed by atoms with Crippen molar-refractivity contribution in [3.05, 3.63) is 0 Å². The van der Waals surface area contributed by atoms with Gasteiger partial charge in [-0.2, -0.15) is 0 Å². The first-order valence-corrected chi connectivity index (χ1v) is 7.66. The van der Waals surface area contributed by atoms with Gasteiger partial charge < -0.3 is 15.7 Å². The maximum Gasteiger partial charge on any atom is 0.0700 e. The van der Waals surface area contributed by atoms with E-state index in [2.05, 4.69) is 18.7 Å². The zero-order valence-electron chi connectivity index (χ0n) is 12.1. The highest BCUT2D eigenvalue weighted by Gasteiger charge is 2.43. The molecule has 0 aromatic rings. The van der Waals surface area contributed by atoms with Crippen LogP contribution in [0.4, 0.5) is 0 Å². The van der Waals surface area contributed by atoms with Crippen molar-refractivity contribution in [2.24, 2.45) is 17.1 Å². The van der Waals surface area contributed by atoms with Crippen molar-refractivity contribution < 1.29 is 5.11 Å². The molecule has 1 saturated carbocycles. The Morgan fingerprint density at radius 2 is 2.17 bits per heavy atom. The molecule has 0 amide bonds. The number of hydrogen-bond acceptors (Lipinski definition) is 3. The van der Waals surface area contributed by atoms with E-state index in [1.54, 1.807) is 0 Å². The van der Waals surface area contributed by atoms with Crippen molar-refractivity contribution in [3.63, 3.8) is 0 Å². The molecule has 2 rings (SSSR count). The molecule has 1 aliphatic carbocycles. The summed E-state index contributed by atoms with van der Waals surface area (Å²) < 4.78 is 0. The number of aliphatic hydroxyl groups is 1. The van der Waals surface area contributed by atoms with E-state index < -0.39 is 0 Å². The summed E-state index contributed by atoms with van der Waals surface area (Å²) in [5.41, 5.74) is 5.81. The number of piperidine rings is 1. The van der Waals surface area contributed by atoms with Crippen LogP contribution < -0.4 is 5.73 Å². The lowest BCUT2D eigenvalue weighted by Gasteiger charge is -2.49. The van der Waals surface area contributed by atoms with E-state index in [0.29, 0.717) is 5.92 Å². The molecular weight excluding hydrogens is 224 g/mol. The Morgan fingerprint density at radius 1 is 1.39 bits per heavy atom. The molecule has 0 radical (unpaired) electrons. The predicted molar refractivity (Wildman–Crippen MR) is 75.4 cm³/mol. The van der Waals surface area contributed by atoms with E-state index in [1.165, 1.54) is 19.3 Å². The number of fused-ring (bicyclic) bond motifs is 1. The highest BCUT2D eigenvalue weighted by Crippen LogP contribution is 2.40. The Balaban J connectivity index is 1.94. The van der Waals surface area contributed by atoms with Crippen LogP contribution in [0, 0.1) is 11.3 Å². The van der Waals surface area contributed by atoms with Crippen molar-refractivity contribution in [2.45, 2.75) is 58.0 Å². The van der Waals surface area contributed by atoms with Gasteiger partial charge in [0, 0.05) is 25.6 Å². The topological polar surface area (TPSA) is 49.5 Å². The van der Waals surface area contributed by atoms with Crippen LogP contribution >= 0.6 is 0 Å². The summed E-state index contributed by atoms with van der Waals surface area (Å²) in [7, 11) is 0. The summed E-state index contributed by atoms with van der Waals surface area (Å²) in [6, 6.07) is 0. The number of hydrogen-bond donors (Lipinski definition) is 2. The fraction of sp³-hybridized carbons (Fsp3) is 1.00. The van der Waals surface area contributed by atoms with Crippen molar-refractivity contribution in [3.8, 4) is 0 Å². The molecule has 3 N–H and O–H groups in total. The minimum Gasteiger partial charge on any atom is -0.390 e. The van der Waals surface area contributed by atoms with Gasteiger partial charge in [0.25, 0.3) is 0 Å². The molecule has 1 heterocycles. The highest BCUT2D eigenvalue weighted by molar-refractivity contribution is 4.96. The summed E-state index contributed by atoms with van der Waals surface area (Å²) in [5.74, 6) is 0.499. The summed E-state index contributed by atoms with van der Waals surface area (Å²) >= 11 is 0. The van der Waals surface area contributed by atoms with Crippen LogP contribution in [0.5, 0.6) is 0 Å². The van der Waals surface area contributed by atoms with Crippen LogP contribution in [-0.4, -0.2) is 41.8 Å². The van der Waals surface area contributed by atoms with Gasteiger partial charge in [0.1, 0.15) is 0 Å². The fourth-order valence-corrected chi connectivity index (χ4v) is 3.64. The predicted octanol–water partition coefficient (Wildman–Crippen LogP) is 1.99. The van der Waals surface area contributed by atoms with Crippen molar-refractivity contribution in [1.29, 1.82) is 0 Å². The van der Waals surface area contributed by atoms with Gasteiger partial charge in [-0.25, -0.2) is 0 Å². The van der Waals surface area contributed by atoms with Crippen molar-refractivity contribution >= 4 is 0 Å². The van der Waals surface area contributed by atoms with E-state index in [1.807, 2.05) is 0 Å². The standard InChI is InChI=1S/C15H30N2O/c1-3-14(2,11-16)12-17-9-8-15(18)7-5-4-6-13(15)10-17/h13,18H,3-12,16H2,1-2H3. The molecule has 1 aliphatic heterocycles. The molecule has 3 atom stereocenters. The molecule has 106 valence electrons. The van der Waals surface area contributed by atoms with Gasteiger partial charge in [0.05, 0.1) is 5.60 Å². The van der Waals surface area contributed by atoms with Crippen LogP contribution in [0.1, 0.15) is 52.4 Å². The summed E-state index contributed by atoms with van der Waals surface area (Å²) in [4.78, 5) is 2.54. The van der Waals surface area contributed by atoms with Crippen molar-refractivity contribution in [2.75, 3.05) is 26.2 Å². The number of likely N-dealkylation sites (tertiary alicyclic amines) is 1. The molecule has 0 aromatic carbocycles. The normalized spacial score (nSPS) is 37.0. The molecule has 3 nitrogen and oxygen atoms in total. The summed E-state index contributed by atoms with van der Waals surface area (Å²) in [6.07, 6.45) is 6.83. The SMILES string of the molecule is CCC(C)(CN)CN1CCC2(O)CCCCC2C1. The minimum atomic E-state index is -0.347. The maximum absolute atomic E-state index is 10.7. The lowest BCUT2D eigenvalue weighted by Crippen LogP contribution is -2.55. The summed E-state index contributed by atoms with van der Waals surface area (Å²) in [5, 5.41) is 10.7. The largest absolute Gasteiger partial charge is 0.390 e. The Morgan fingerprint density at radius 3 is 2.83 bits per heavy atom. The summed E-state index contributed by atoms with van der Waals surface area (Å²) in [6.45, 7) is 8.48. The quantitative estimate of drug-likeness (QED) is 0.806. The van der Waals surface area contributed by atoms with Crippen LogP contribution in [0.25, 0.3) is 0 Å². The highest BCUT2D eigenvalue weighted by atomic mass is 16.3. The first-order valence-electron chi connectivity index (χ1n) is 7.66. The van der Waals surface area contributed by atoms with Gasteiger partial charge >= 0.3 is 0 Å². The third-order valence-electron chi connectivity index (χ3n) is 5.46. The number of nitrogens with zero attached hydrogens (tertiary/aromatic N) is 1. The van der Waals surface area contributed by atoms with Gasteiger partial charge in [-0.3, -0.25) is 0 Å². The molecule has 0 aromatic heterocycles. The van der Waals surface area contributed by atoms with E-state index in [0.717, 1.165) is 45.4 Å².